The summed E-state index contributed by atoms with van der Waals surface area (Å²) in [7, 11) is 3.25. The fourth-order valence-corrected chi connectivity index (χ4v) is 3.49. The van der Waals surface area contributed by atoms with Gasteiger partial charge >= 0.3 is 5.97 Å². The molecule has 1 aliphatic heterocycles. The molecule has 21 heavy (non-hydrogen) atoms. The molecule has 0 radical (unpaired) electrons. The van der Waals surface area contributed by atoms with Crippen molar-refractivity contribution in [3.8, 4) is 0 Å². The van der Waals surface area contributed by atoms with E-state index >= 15 is 0 Å². The summed E-state index contributed by atoms with van der Waals surface area (Å²) < 4.78 is 4.62. The number of thioether (sulfide) groups is 1. The minimum absolute atomic E-state index is 0.109. The Morgan fingerprint density at radius 2 is 2.10 bits per heavy atom. The van der Waals surface area contributed by atoms with Crippen LogP contribution in [-0.2, 0) is 9.53 Å². The van der Waals surface area contributed by atoms with Gasteiger partial charge in [0, 0.05) is 31.8 Å². The van der Waals surface area contributed by atoms with E-state index in [2.05, 4.69) is 32.1 Å². The number of aliphatic imine (C=N–C) groups is 1. The van der Waals surface area contributed by atoms with Crippen LogP contribution >= 0.6 is 11.8 Å². The molecule has 0 aromatic rings. The van der Waals surface area contributed by atoms with E-state index in [-0.39, 0.29) is 5.97 Å². The number of carbonyl (C=O) groups excluding carboxylic acids is 1. The normalized spacial score (nSPS) is 18.6. The number of guanidine groups is 1. The molecule has 5 nitrogen and oxygen atoms in total. The standard InChI is InChI=1S/C15H29N3O2S/c1-16-15(18-12-13-8-7-11-21-13)17-10-6-4-3-5-9-14(19)20-2/h13H,3-12H2,1-2H3,(H2,16,17,18). The van der Waals surface area contributed by atoms with Crippen LogP contribution in [0, 0.1) is 0 Å². The van der Waals surface area contributed by atoms with Gasteiger partial charge in [0.15, 0.2) is 5.96 Å². The largest absolute Gasteiger partial charge is 0.469 e. The fourth-order valence-electron chi connectivity index (χ4n) is 2.29. The van der Waals surface area contributed by atoms with E-state index in [1.54, 1.807) is 0 Å². The first-order chi connectivity index (χ1) is 10.3. The highest BCUT2D eigenvalue weighted by atomic mass is 32.2. The van der Waals surface area contributed by atoms with Gasteiger partial charge in [-0.2, -0.15) is 11.8 Å². The van der Waals surface area contributed by atoms with E-state index in [1.807, 2.05) is 7.05 Å². The highest BCUT2D eigenvalue weighted by molar-refractivity contribution is 8.00. The van der Waals surface area contributed by atoms with Crippen LogP contribution < -0.4 is 10.6 Å². The lowest BCUT2D eigenvalue weighted by molar-refractivity contribution is -0.140. The third-order valence-electron chi connectivity index (χ3n) is 3.57. The monoisotopic (exact) mass is 315 g/mol. The third-order valence-corrected chi connectivity index (χ3v) is 4.97. The summed E-state index contributed by atoms with van der Waals surface area (Å²) in [4.78, 5) is 15.2. The van der Waals surface area contributed by atoms with Crippen LogP contribution in [0.3, 0.4) is 0 Å². The Morgan fingerprint density at radius 1 is 1.29 bits per heavy atom. The van der Waals surface area contributed by atoms with Crippen LogP contribution in [0.25, 0.3) is 0 Å². The van der Waals surface area contributed by atoms with Crippen molar-refractivity contribution in [1.29, 1.82) is 0 Å². The van der Waals surface area contributed by atoms with Gasteiger partial charge in [0.2, 0.25) is 0 Å². The molecule has 2 N–H and O–H groups in total. The highest BCUT2D eigenvalue weighted by Crippen LogP contribution is 2.25. The van der Waals surface area contributed by atoms with Crippen LogP contribution in [0.15, 0.2) is 4.99 Å². The van der Waals surface area contributed by atoms with Gasteiger partial charge in [0.05, 0.1) is 7.11 Å². The van der Waals surface area contributed by atoms with Crippen LogP contribution in [0.1, 0.15) is 44.9 Å². The number of ether oxygens (including phenoxy) is 1. The molecule has 6 heteroatoms. The van der Waals surface area contributed by atoms with Crippen LogP contribution in [0.4, 0.5) is 0 Å². The van der Waals surface area contributed by atoms with Gasteiger partial charge in [-0.3, -0.25) is 9.79 Å². The van der Waals surface area contributed by atoms with E-state index in [9.17, 15) is 4.79 Å². The Hall–Kier alpha value is -0.910. The first-order valence-corrected chi connectivity index (χ1v) is 8.94. The van der Waals surface area contributed by atoms with E-state index in [1.165, 1.54) is 25.7 Å². The number of hydrogen-bond acceptors (Lipinski definition) is 4. The van der Waals surface area contributed by atoms with Crippen LogP contribution in [0.2, 0.25) is 0 Å². The first kappa shape index (κ1) is 18.1. The molecule has 1 unspecified atom stereocenters. The first-order valence-electron chi connectivity index (χ1n) is 7.89. The van der Waals surface area contributed by atoms with Crippen molar-refractivity contribution in [1.82, 2.24) is 10.6 Å². The molecule has 1 saturated heterocycles. The van der Waals surface area contributed by atoms with Crippen molar-refractivity contribution < 1.29 is 9.53 Å². The van der Waals surface area contributed by atoms with E-state index in [0.29, 0.717) is 6.42 Å². The Balaban J connectivity index is 1.95. The molecular formula is C15H29N3O2S. The summed E-state index contributed by atoms with van der Waals surface area (Å²) in [6.07, 6.45) is 7.40. The van der Waals surface area contributed by atoms with Gasteiger partial charge in [0.25, 0.3) is 0 Å². The molecule has 1 aliphatic rings. The summed E-state index contributed by atoms with van der Waals surface area (Å²) in [5.74, 6) is 2.09. The average Bonchev–Trinajstić information content (AvgIpc) is 3.02. The molecule has 1 fully saturated rings. The summed E-state index contributed by atoms with van der Waals surface area (Å²) in [5, 5.41) is 7.47. The molecule has 0 aromatic heterocycles. The van der Waals surface area contributed by atoms with Gasteiger partial charge in [-0.25, -0.2) is 0 Å². The summed E-state index contributed by atoms with van der Waals surface area (Å²) in [5.41, 5.74) is 0. The summed E-state index contributed by atoms with van der Waals surface area (Å²) in [6, 6.07) is 0. The Bertz CT molecular complexity index is 318. The predicted octanol–water partition coefficient (Wildman–Crippen LogP) is 2.17. The minimum Gasteiger partial charge on any atom is -0.469 e. The molecular weight excluding hydrogens is 286 g/mol. The maximum Gasteiger partial charge on any atom is 0.305 e. The number of unbranched alkanes of at least 4 members (excludes halogenated alkanes) is 3. The molecule has 0 saturated carbocycles. The topological polar surface area (TPSA) is 62.7 Å². The zero-order chi connectivity index (χ0) is 15.3. The Kier molecular flexibility index (Phi) is 10.1. The lowest BCUT2D eigenvalue weighted by atomic mass is 10.1. The molecule has 1 atom stereocenters. The van der Waals surface area contributed by atoms with Crippen molar-refractivity contribution in [2.45, 2.75) is 50.2 Å². The van der Waals surface area contributed by atoms with Gasteiger partial charge in [-0.1, -0.05) is 12.8 Å². The predicted molar refractivity (Wildman–Crippen MR) is 89.9 cm³/mol. The number of carbonyl (C=O) groups is 1. The molecule has 1 rings (SSSR count). The highest BCUT2D eigenvalue weighted by Gasteiger charge is 2.15. The lowest BCUT2D eigenvalue weighted by Crippen LogP contribution is -2.40. The zero-order valence-corrected chi connectivity index (χ0v) is 14.1. The number of rotatable bonds is 9. The number of nitrogens with one attached hydrogen (secondary N) is 2. The van der Waals surface area contributed by atoms with E-state index < -0.39 is 0 Å². The van der Waals surface area contributed by atoms with Gasteiger partial charge in [-0.15, -0.1) is 0 Å². The van der Waals surface area contributed by atoms with Crippen molar-refractivity contribution in [2.75, 3.05) is 33.0 Å². The maximum atomic E-state index is 10.9. The average molecular weight is 315 g/mol. The maximum absolute atomic E-state index is 10.9. The molecule has 1 heterocycles. The molecule has 0 bridgehead atoms. The second kappa shape index (κ2) is 11.7. The fraction of sp³-hybridized carbons (Fsp3) is 0.867. The van der Waals surface area contributed by atoms with Crippen molar-refractivity contribution in [3.05, 3.63) is 0 Å². The molecule has 122 valence electrons. The molecule has 0 amide bonds. The van der Waals surface area contributed by atoms with Crippen molar-refractivity contribution >= 4 is 23.7 Å². The Morgan fingerprint density at radius 3 is 2.76 bits per heavy atom. The van der Waals surface area contributed by atoms with Crippen molar-refractivity contribution in [2.24, 2.45) is 4.99 Å². The van der Waals surface area contributed by atoms with E-state index in [0.717, 1.165) is 50.0 Å². The van der Waals surface area contributed by atoms with Gasteiger partial charge < -0.3 is 15.4 Å². The minimum atomic E-state index is -0.109. The zero-order valence-electron chi connectivity index (χ0n) is 13.3. The van der Waals surface area contributed by atoms with Crippen molar-refractivity contribution in [3.63, 3.8) is 0 Å². The lowest BCUT2D eigenvalue weighted by Gasteiger charge is -2.14. The number of hydrogen-bond donors (Lipinski definition) is 2. The SMILES string of the molecule is CN=C(NCCCCCCC(=O)OC)NCC1CCCS1. The van der Waals surface area contributed by atoms with E-state index in [4.69, 9.17) is 0 Å². The summed E-state index contributed by atoms with van der Waals surface area (Å²) in [6.45, 7) is 1.93. The summed E-state index contributed by atoms with van der Waals surface area (Å²) >= 11 is 2.05. The van der Waals surface area contributed by atoms with Gasteiger partial charge in [0.1, 0.15) is 0 Å². The number of methoxy groups -OCH3 is 1. The van der Waals surface area contributed by atoms with Gasteiger partial charge in [-0.05, 0) is 31.4 Å². The second-order valence-electron chi connectivity index (χ2n) is 5.26. The molecule has 0 spiro atoms. The van der Waals surface area contributed by atoms with Crippen LogP contribution in [-0.4, -0.2) is 50.2 Å². The molecule has 0 aliphatic carbocycles. The Labute approximate surface area is 132 Å². The number of esters is 1. The second-order valence-corrected chi connectivity index (χ2v) is 6.66. The smallest absolute Gasteiger partial charge is 0.305 e. The molecule has 0 aromatic carbocycles. The third kappa shape index (κ3) is 8.86. The van der Waals surface area contributed by atoms with Crippen LogP contribution in [0.5, 0.6) is 0 Å². The number of nitrogens with zero attached hydrogens (tertiary/aromatic N) is 1. The quantitative estimate of drug-likeness (QED) is 0.295.